The van der Waals surface area contributed by atoms with Gasteiger partial charge in [0.15, 0.2) is 0 Å². The molecule has 1 atom stereocenters. The van der Waals surface area contributed by atoms with Crippen LogP contribution in [-0.4, -0.2) is 0 Å². The van der Waals surface area contributed by atoms with E-state index in [1.807, 2.05) is 6.07 Å². The Morgan fingerprint density at radius 3 is 1.37 bits per heavy atom. The molecule has 4 nitrogen and oxygen atoms in total. The molecule has 1 unspecified atom stereocenters. The van der Waals surface area contributed by atoms with Crippen molar-refractivity contribution in [3.63, 3.8) is 0 Å². The van der Waals surface area contributed by atoms with Crippen LogP contribution < -0.4 is 9.80 Å². The first-order valence-corrected chi connectivity index (χ1v) is 24.9. The van der Waals surface area contributed by atoms with Crippen LogP contribution in [0.2, 0.25) is 0 Å². The van der Waals surface area contributed by atoms with E-state index in [2.05, 4.69) is 277 Å². The number of furan rings is 2. The lowest BCUT2D eigenvalue weighted by molar-refractivity contribution is 0.660. The molecule has 0 amide bonds. The van der Waals surface area contributed by atoms with Gasteiger partial charge in [-0.05, 0) is 141 Å². The molecule has 12 aromatic carbocycles. The minimum atomic E-state index is -0.195. The summed E-state index contributed by atoms with van der Waals surface area (Å²) < 4.78 is 14.0. The van der Waals surface area contributed by atoms with Gasteiger partial charge in [-0.25, -0.2) is 0 Å². The zero-order valence-corrected chi connectivity index (χ0v) is 39.8. The smallest absolute Gasteiger partial charge is 0.140 e. The number of para-hydroxylation sites is 5. The second kappa shape index (κ2) is 17.6. The number of rotatable bonds is 10. The van der Waals surface area contributed by atoms with Crippen LogP contribution in [0.5, 0.6) is 0 Å². The molecule has 73 heavy (non-hydrogen) atoms. The van der Waals surface area contributed by atoms with Gasteiger partial charge in [-0.2, -0.15) is 0 Å². The number of hydrogen-bond acceptors (Lipinski definition) is 4. The summed E-state index contributed by atoms with van der Waals surface area (Å²) in [5.41, 5.74) is 15.4. The lowest BCUT2D eigenvalue weighted by Crippen LogP contribution is -2.13. The van der Waals surface area contributed by atoms with E-state index in [1.54, 1.807) is 0 Å². The van der Waals surface area contributed by atoms with E-state index in [9.17, 15) is 0 Å². The van der Waals surface area contributed by atoms with Gasteiger partial charge in [-0.3, -0.25) is 0 Å². The van der Waals surface area contributed by atoms with Crippen LogP contribution in [0.1, 0.15) is 22.6 Å². The maximum atomic E-state index is 7.27. The van der Waals surface area contributed by atoms with Gasteiger partial charge < -0.3 is 18.6 Å². The highest BCUT2D eigenvalue weighted by atomic mass is 16.3. The van der Waals surface area contributed by atoms with Gasteiger partial charge in [0, 0.05) is 67.2 Å². The first kappa shape index (κ1) is 42.3. The van der Waals surface area contributed by atoms with Crippen LogP contribution in [0.3, 0.4) is 0 Å². The topological polar surface area (TPSA) is 32.8 Å². The van der Waals surface area contributed by atoms with Gasteiger partial charge in [-0.1, -0.05) is 176 Å². The number of benzene rings is 12. The summed E-state index contributed by atoms with van der Waals surface area (Å²) in [4.78, 5) is 4.70. The predicted molar refractivity (Wildman–Crippen MR) is 305 cm³/mol. The van der Waals surface area contributed by atoms with Crippen molar-refractivity contribution in [2.45, 2.75) is 5.92 Å². The molecule has 0 saturated carbocycles. The summed E-state index contributed by atoms with van der Waals surface area (Å²) in [6.07, 6.45) is 0. The Kier molecular flexibility index (Phi) is 10.2. The van der Waals surface area contributed by atoms with E-state index in [4.69, 9.17) is 8.83 Å². The Hall–Kier alpha value is -9.64. The zero-order chi connectivity index (χ0) is 48.2. The molecule has 0 bridgehead atoms. The fraction of sp³-hybridized carbons (Fsp3) is 0.0145. The van der Waals surface area contributed by atoms with Gasteiger partial charge >= 0.3 is 0 Å². The lowest BCUT2D eigenvalue weighted by atomic mass is 9.80. The molecule has 14 rings (SSSR count). The molecule has 0 aliphatic rings. The third-order valence-electron chi connectivity index (χ3n) is 14.5. The lowest BCUT2D eigenvalue weighted by Gasteiger charge is -2.30. The summed E-state index contributed by atoms with van der Waals surface area (Å²) in [6, 6.07) is 97.7. The molecule has 4 heteroatoms. The molecule has 344 valence electrons. The fourth-order valence-electron chi connectivity index (χ4n) is 11.3. The number of fused-ring (bicyclic) bond motifs is 10. The molecule has 2 heterocycles. The van der Waals surface area contributed by atoms with E-state index in [-0.39, 0.29) is 5.92 Å². The molecule has 14 aromatic rings. The maximum absolute atomic E-state index is 7.27. The number of hydrogen-bond donors (Lipinski definition) is 0. The van der Waals surface area contributed by atoms with Crippen LogP contribution >= 0.6 is 0 Å². The van der Waals surface area contributed by atoms with Crippen LogP contribution in [0.15, 0.2) is 282 Å². The normalized spacial score (nSPS) is 12.1. The van der Waals surface area contributed by atoms with Crippen molar-refractivity contribution >= 4 is 99.5 Å². The molecular weight excluding hydrogens is 889 g/mol. The van der Waals surface area contributed by atoms with Crippen molar-refractivity contribution in [3.05, 3.63) is 290 Å². The highest BCUT2D eigenvalue weighted by Gasteiger charge is 2.28. The van der Waals surface area contributed by atoms with Crippen molar-refractivity contribution in [1.29, 1.82) is 0 Å². The molecule has 0 fully saturated rings. The highest BCUT2D eigenvalue weighted by molar-refractivity contribution is 6.22. The zero-order valence-electron chi connectivity index (χ0n) is 39.8. The van der Waals surface area contributed by atoms with Gasteiger partial charge in [-0.15, -0.1) is 0 Å². The second-order valence-electron chi connectivity index (χ2n) is 18.8. The Balaban J connectivity index is 1.02. The molecule has 2 aromatic heterocycles. The Bertz CT molecular complexity index is 4140. The van der Waals surface area contributed by atoms with Crippen LogP contribution in [0, 0.1) is 0 Å². The minimum Gasteiger partial charge on any atom is -0.456 e. The minimum absolute atomic E-state index is 0.195. The molecule has 0 aliphatic heterocycles. The molecule has 0 radical (unpaired) electrons. The molecule has 0 N–H and O–H groups in total. The van der Waals surface area contributed by atoms with Crippen molar-refractivity contribution in [2.75, 3.05) is 9.80 Å². The standard InChI is InChI=1S/C69H46N2O2/c1-6-22-46(23-7-1)66(60-45-65-67(58-35-19-18-34-57(58)60)59-36-20-21-37-63(59)72-65)62-43-48-24-16-17-33-56(48)68-61-42-47(38-39-64(61)73-69(62)68)49-40-54(70(50-25-8-2-9-26-50)51-27-10-3-11-28-51)44-55(41-49)71(52-29-12-4-13-30-52)53-31-14-5-15-32-53/h1-45,66H. The summed E-state index contributed by atoms with van der Waals surface area (Å²) in [7, 11) is 0. The highest BCUT2D eigenvalue weighted by Crippen LogP contribution is 2.49. The Morgan fingerprint density at radius 2 is 0.767 bits per heavy atom. The molecular formula is C69H46N2O2. The number of anilines is 6. The van der Waals surface area contributed by atoms with Gasteiger partial charge in [0.05, 0.1) is 0 Å². The van der Waals surface area contributed by atoms with Crippen LogP contribution in [0.4, 0.5) is 34.1 Å². The van der Waals surface area contributed by atoms with Gasteiger partial charge in [0.2, 0.25) is 0 Å². The van der Waals surface area contributed by atoms with Gasteiger partial charge in [0.1, 0.15) is 22.3 Å². The molecule has 0 aliphatic carbocycles. The predicted octanol–water partition coefficient (Wildman–Crippen LogP) is 19.6. The van der Waals surface area contributed by atoms with E-state index >= 15 is 0 Å². The number of nitrogens with zero attached hydrogens (tertiary/aromatic N) is 2. The van der Waals surface area contributed by atoms with E-state index < -0.39 is 0 Å². The SMILES string of the molecule is c1ccc(C(c2cc3oc4ccccc4c3c3ccccc23)c2cc3ccccc3c3c2oc2ccc(-c4cc(N(c5ccccc5)c5ccccc5)cc(N(c5ccccc5)c5ccccc5)c4)cc23)cc1. The average Bonchev–Trinajstić information content (AvgIpc) is 4.04. The second-order valence-corrected chi connectivity index (χ2v) is 18.8. The summed E-state index contributed by atoms with van der Waals surface area (Å²) in [5, 5.41) is 9.08. The van der Waals surface area contributed by atoms with E-state index in [1.165, 1.54) is 16.3 Å². The van der Waals surface area contributed by atoms with Crippen LogP contribution in [-0.2, 0) is 0 Å². The first-order valence-electron chi connectivity index (χ1n) is 24.9. The van der Waals surface area contributed by atoms with Crippen molar-refractivity contribution in [2.24, 2.45) is 0 Å². The largest absolute Gasteiger partial charge is 0.456 e. The maximum Gasteiger partial charge on any atom is 0.140 e. The van der Waals surface area contributed by atoms with Crippen molar-refractivity contribution in [1.82, 2.24) is 0 Å². The quantitative estimate of drug-likeness (QED) is 0.128. The van der Waals surface area contributed by atoms with Gasteiger partial charge in [0.25, 0.3) is 0 Å². The monoisotopic (exact) mass is 934 g/mol. The first-order chi connectivity index (χ1) is 36.2. The summed E-state index contributed by atoms with van der Waals surface area (Å²) in [5.74, 6) is -0.195. The third kappa shape index (κ3) is 7.30. The molecule has 0 spiro atoms. The average molecular weight is 935 g/mol. The summed E-state index contributed by atoms with van der Waals surface area (Å²) >= 11 is 0. The molecule has 0 saturated heterocycles. The third-order valence-corrected chi connectivity index (χ3v) is 14.5. The van der Waals surface area contributed by atoms with Crippen molar-refractivity contribution in [3.8, 4) is 11.1 Å². The van der Waals surface area contributed by atoms with Crippen molar-refractivity contribution < 1.29 is 8.83 Å². The summed E-state index contributed by atoms with van der Waals surface area (Å²) in [6.45, 7) is 0. The van der Waals surface area contributed by atoms with Crippen LogP contribution in [0.25, 0.3) is 76.5 Å². The van der Waals surface area contributed by atoms with E-state index in [0.29, 0.717) is 0 Å². The fourth-order valence-corrected chi connectivity index (χ4v) is 11.3. The Labute approximate surface area is 422 Å². The Morgan fingerprint density at radius 1 is 0.274 bits per heavy atom. The van der Waals surface area contributed by atoms with E-state index in [0.717, 1.165) is 111 Å².